The molecule has 1 aliphatic heterocycles. The number of aryl methyl sites for hydroxylation is 1. The first-order valence-electron chi connectivity index (χ1n) is 12.1. The lowest BCUT2D eigenvalue weighted by molar-refractivity contribution is 0.209. The SMILES string of the molecule is CC(C)N1CCN(c2ccc(-c3cnc4cc(-c5cccc(S(C)(=O)=O)c5)n(C)c4c3)cc2)CC1. The molecule has 0 radical (unpaired) electrons. The van der Waals surface area contributed by atoms with Gasteiger partial charge in [-0.15, -0.1) is 0 Å². The van der Waals surface area contributed by atoms with Gasteiger partial charge >= 0.3 is 0 Å². The van der Waals surface area contributed by atoms with Gasteiger partial charge in [0.15, 0.2) is 9.84 Å². The Kier molecular flexibility index (Phi) is 6.15. The topological polar surface area (TPSA) is 58.4 Å². The van der Waals surface area contributed by atoms with E-state index in [0.29, 0.717) is 10.9 Å². The average Bonchev–Trinajstić information content (AvgIpc) is 3.19. The molecule has 0 amide bonds. The van der Waals surface area contributed by atoms with E-state index in [1.54, 1.807) is 18.2 Å². The number of aromatic nitrogens is 2. The molecule has 0 spiro atoms. The second-order valence-electron chi connectivity index (χ2n) is 9.68. The van der Waals surface area contributed by atoms with Crippen molar-refractivity contribution in [3.8, 4) is 22.4 Å². The minimum Gasteiger partial charge on any atom is -0.369 e. The van der Waals surface area contributed by atoms with Crippen LogP contribution in [0.2, 0.25) is 0 Å². The Bertz CT molecular complexity index is 1460. The van der Waals surface area contributed by atoms with E-state index in [4.69, 9.17) is 4.98 Å². The maximum atomic E-state index is 12.0. The molecular weight excluding hydrogens is 456 g/mol. The number of fused-ring (bicyclic) bond motifs is 1. The Balaban J connectivity index is 1.41. The van der Waals surface area contributed by atoms with Crippen molar-refractivity contribution in [1.29, 1.82) is 0 Å². The molecular formula is C28H32N4O2S. The van der Waals surface area contributed by atoms with Gasteiger partial charge in [0, 0.05) is 63.0 Å². The summed E-state index contributed by atoms with van der Waals surface area (Å²) in [5.41, 5.74) is 7.14. The standard InChI is InChI=1S/C28H32N4O2S/c1-20(2)31-12-14-32(15-13-31)24-10-8-21(9-11-24)23-17-28-26(29-19-23)18-27(30(28)3)22-6-5-7-25(16-22)35(4,33)34/h5-11,16-20H,12-15H2,1-4H3. The van der Waals surface area contributed by atoms with Crippen molar-refractivity contribution >= 4 is 26.6 Å². The summed E-state index contributed by atoms with van der Waals surface area (Å²) in [7, 11) is -1.27. The number of anilines is 1. The summed E-state index contributed by atoms with van der Waals surface area (Å²) in [6, 6.07) is 20.6. The van der Waals surface area contributed by atoms with Gasteiger partial charge in [-0.3, -0.25) is 9.88 Å². The van der Waals surface area contributed by atoms with E-state index < -0.39 is 9.84 Å². The molecule has 0 atom stereocenters. The lowest BCUT2D eigenvalue weighted by Gasteiger charge is -2.38. The minimum atomic E-state index is -3.27. The Morgan fingerprint density at radius 1 is 0.857 bits per heavy atom. The van der Waals surface area contributed by atoms with Crippen LogP contribution < -0.4 is 4.90 Å². The second kappa shape index (κ2) is 9.13. The molecule has 2 aromatic heterocycles. The van der Waals surface area contributed by atoms with E-state index in [-0.39, 0.29) is 0 Å². The summed E-state index contributed by atoms with van der Waals surface area (Å²) >= 11 is 0. The molecule has 182 valence electrons. The Hall–Kier alpha value is -3.16. The predicted octanol–water partition coefficient (Wildman–Crippen LogP) is 4.84. The molecule has 0 aliphatic carbocycles. The van der Waals surface area contributed by atoms with Crippen molar-refractivity contribution in [3.63, 3.8) is 0 Å². The molecule has 1 fully saturated rings. The van der Waals surface area contributed by atoms with Gasteiger partial charge in [0.2, 0.25) is 0 Å². The van der Waals surface area contributed by atoms with Crippen LogP contribution in [0.1, 0.15) is 13.8 Å². The molecule has 1 saturated heterocycles. The molecule has 3 heterocycles. The zero-order chi connectivity index (χ0) is 24.7. The molecule has 6 nitrogen and oxygen atoms in total. The van der Waals surface area contributed by atoms with Gasteiger partial charge in [0.05, 0.1) is 21.6 Å². The van der Waals surface area contributed by atoms with Crippen LogP contribution in [0.5, 0.6) is 0 Å². The fraction of sp³-hybridized carbons (Fsp3) is 0.321. The van der Waals surface area contributed by atoms with Crippen molar-refractivity contribution in [2.75, 3.05) is 37.3 Å². The highest BCUT2D eigenvalue weighted by atomic mass is 32.2. The highest BCUT2D eigenvalue weighted by molar-refractivity contribution is 7.90. The first-order chi connectivity index (χ1) is 16.7. The molecule has 35 heavy (non-hydrogen) atoms. The maximum absolute atomic E-state index is 12.0. The number of benzene rings is 2. The van der Waals surface area contributed by atoms with Crippen LogP contribution in [0, 0.1) is 0 Å². The lowest BCUT2D eigenvalue weighted by atomic mass is 10.1. The Labute approximate surface area is 207 Å². The molecule has 2 aromatic carbocycles. The van der Waals surface area contributed by atoms with Crippen molar-refractivity contribution in [1.82, 2.24) is 14.5 Å². The van der Waals surface area contributed by atoms with E-state index in [0.717, 1.165) is 59.6 Å². The molecule has 0 N–H and O–H groups in total. The Morgan fingerprint density at radius 2 is 1.57 bits per heavy atom. The molecule has 5 rings (SSSR count). The van der Waals surface area contributed by atoms with Crippen LogP contribution in [-0.4, -0.2) is 61.3 Å². The third-order valence-electron chi connectivity index (χ3n) is 7.06. The zero-order valence-electron chi connectivity index (χ0n) is 20.8. The normalized spacial score (nSPS) is 15.3. The number of piperazine rings is 1. The van der Waals surface area contributed by atoms with Gasteiger partial charge in [-0.1, -0.05) is 24.3 Å². The largest absolute Gasteiger partial charge is 0.369 e. The number of rotatable bonds is 5. The van der Waals surface area contributed by atoms with Crippen molar-refractivity contribution in [2.45, 2.75) is 24.8 Å². The maximum Gasteiger partial charge on any atom is 0.175 e. The third kappa shape index (κ3) is 4.70. The van der Waals surface area contributed by atoms with Gasteiger partial charge < -0.3 is 9.47 Å². The molecule has 7 heteroatoms. The molecule has 0 saturated carbocycles. The lowest BCUT2D eigenvalue weighted by Crippen LogP contribution is -2.48. The quantitative estimate of drug-likeness (QED) is 0.402. The first kappa shape index (κ1) is 23.6. The number of pyridine rings is 1. The summed E-state index contributed by atoms with van der Waals surface area (Å²) in [5.74, 6) is 0. The summed E-state index contributed by atoms with van der Waals surface area (Å²) in [5, 5.41) is 0. The average molecular weight is 489 g/mol. The second-order valence-corrected chi connectivity index (χ2v) is 11.7. The summed E-state index contributed by atoms with van der Waals surface area (Å²) in [6.45, 7) is 8.83. The fourth-order valence-corrected chi connectivity index (χ4v) is 5.55. The molecule has 0 unspecified atom stereocenters. The van der Waals surface area contributed by atoms with Crippen LogP contribution in [0.25, 0.3) is 33.4 Å². The van der Waals surface area contributed by atoms with Gasteiger partial charge in [-0.25, -0.2) is 8.42 Å². The number of hydrogen-bond acceptors (Lipinski definition) is 5. The van der Waals surface area contributed by atoms with Gasteiger partial charge in [-0.2, -0.15) is 0 Å². The monoisotopic (exact) mass is 488 g/mol. The first-order valence-corrected chi connectivity index (χ1v) is 14.0. The third-order valence-corrected chi connectivity index (χ3v) is 8.17. The van der Waals surface area contributed by atoms with Crippen LogP contribution in [0.15, 0.2) is 71.8 Å². The van der Waals surface area contributed by atoms with Crippen LogP contribution in [0.3, 0.4) is 0 Å². The van der Waals surface area contributed by atoms with E-state index >= 15 is 0 Å². The fourth-order valence-electron chi connectivity index (χ4n) is 4.88. The van der Waals surface area contributed by atoms with E-state index in [2.05, 4.69) is 58.5 Å². The molecule has 1 aliphatic rings. The summed E-state index contributed by atoms with van der Waals surface area (Å²) in [6.07, 6.45) is 3.15. The summed E-state index contributed by atoms with van der Waals surface area (Å²) in [4.78, 5) is 10.0. The van der Waals surface area contributed by atoms with E-state index in [1.807, 2.05) is 25.4 Å². The number of nitrogens with zero attached hydrogens (tertiary/aromatic N) is 4. The highest BCUT2D eigenvalue weighted by Gasteiger charge is 2.19. The van der Waals surface area contributed by atoms with Crippen molar-refractivity contribution in [2.24, 2.45) is 7.05 Å². The van der Waals surface area contributed by atoms with Crippen molar-refractivity contribution < 1.29 is 8.42 Å². The van der Waals surface area contributed by atoms with Gasteiger partial charge in [0.1, 0.15) is 0 Å². The minimum absolute atomic E-state index is 0.319. The number of sulfone groups is 1. The number of hydrogen-bond donors (Lipinski definition) is 0. The smallest absolute Gasteiger partial charge is 0.175 e. The van der Waals surface area contributed by atoms with Crippen LogP contribution >= 0.6 is 0 Å². The van der Waals surface area contributed by atoms with E-state index in [1.165, 1.54) is 11.9 Å². The molecule has 0 bridgehead atoms. The van der Waals surface area contributed by atoms with Crippen molar-refractivity contribution in [3.05, 3.63) is 66.9 Å². The zero-order valence-corrected chi connectivity index (χ0v) is 21.6. The van der Waals surface area contributed by atoms with Crippen LogP contribution in [-0.2, 0) is 16.9 Å². The predicted molar refractivity (Wildman–Crippen MR) is 144 cm³/mol. The van der Waals surface area contributed by atoms with Crippen LogP contribution in [0.4, 0.5) is 5.69 Å². The summed E-state index contributed by atoms with van der Waals surface area (Å²) < 4.78 is 26.1. The van der Waals surface area contributed by atoms with Gasteiger partial charge in [-0.05, 0) is 61.4 Å². The highest BCUT2D eigenvalue weighted by Crippen LogP contribution is 2.31. The Morgan fingerprint density at radius 3 is 2.23 bits per heavy atom. The van der Waals surface area contributed by atoms with Gasteiger partial charge in [0.25, 0.3) is 0 Å². The van der Waals surface area contributed by atoms with E-state index in [9.17, 15) is 8.42 Å². The molecule has 4 aromatic rings.